The molecule has 98 valence electrons. The average molecular weight is 242 g/mol. The molecular weight excluding hydrogens is 220 g/mol. The van der Waals surface area contributed by atoms with Crippen molar-refractivity contribution in [2.24, 2.45) is 5.92 Å². The van der Waals surface area contributed by atoms with Crippen molar-refractivity contribution in [3.8, 4) is 0 Å². The van der Waals surface area contributed by atoms with E-state index >= 15 is 0 Å². The number of rotatable bonds is 4. The molecule has 0 aromatic rings. The van der Waals surface area contributed by atoms with E-state index < -0.39 is 5.97 Å². The lowest BCUT2D eigenvalue weighted by Gasteiger charge is -2.34. The third-order valence-electron chi connectivity index (χ3n) is 3.39. The van der Waals surface area contributed by atoms with Gasteiger partial charge in [-0.1, -0.05) is 19.8 Å². The summed E-state index contributed by atoms with van der Waals surface area (Å²) in [7, 11) is 1.79. The second-order valence-corrected chi connectivity index (χ2v) is 4.91. The van der Waals surface area contributed by atoms with Crippen molar-refractivity contribution in [2.45, 2.75) is 45.1 Å². The van der Waals surface area contributed by atoms with Crippen molar-refractivity contribution in [1.29, 1.82) is 0 Å². The highest BCUT2D eigenvalue weighted by atomic mass is 16.4. The minimum atomic E-state index is -0.890. The highest BCUT2D eigenvalue weighted by Crippen LogP contribution is 2.26. The predicted molar refractivity (Wildman–Crippen MR) is 64.8 cm³/mol. The van der Waals surface area contributed by atoms with Crippen LogP contribution in [-0.4, -0.2) is 41.6 Å². The van der Waals surface area contributed by atoms with Crippen LogP contribution in [-0.2, 0) is 4.79 Å². The third kappa shape index (κ3) is 4.63. The summed E-state index contributed by atoms with van der Waals surface area (Å²) in [5.74, 6) is -0.220. The SMILES string of the molecule is CC1CCCC(N(C)C(=O)NCCC(=O)O)C1. The fraction of sp³-hybridized carbons (Fsp3) is 0.833. The molecule has 1 rings (SSSR count). The fourth-order valence-corrected chi connectivity index (χ4v) is 2.32. The molecule has 2 unspecified atom stereocenters. The number of carboxylic acid groups (broad SMARTS) is 1. The summed E-state index contributed by atoms with van der Waals surface area (Å²) in [6.45, 7) is 2.41. The van der Waals surface area contributed by atoms with E-state index in [-0.39, 0.29) is 19.0 Å². The number of hydrogen-bond acceptors (Lipinski definition) is 2. The first-order valence-electron chi connectivity index (χ1n) is 6.23. The number of carboxylic acids is 1. The van der Waals surface area contributed by atoms with Crippen LogP contribution in [0.4, 0.5) is 4.79 Å². The Balaban J connectivity index is 2.32. The lowest BCUT2D eigenvalue weighted by atomic mass is 9.86. The number of aliphatic carboxylic acids is 1. The standard InChI is InChI=1S/C12H22N2O3/c1-9-4-3-5-10(8-9)14(2)12(17)13-7-6-11(15)16/h9-10H,3-8H2,1-2H3,(H,13,17)(H,15,16). The summed E-state index contributed by atoms with van der Waals surface area (Å²) < 4.78 is 0. The first kappa shape index (κ1) is 13.8. The largest absolute Gasteiger partial charge is 0.481 e. The molecule has 0 aromatic heterocycles. The van der Waals surface area contributed by atoms with Crippen LogP contribution in [0.1, 0.15) is 39.0 Å². The van der Waals surface area contributed by atoms with Crippen molar-refractivity contribution < 1.29 is 14.7 Å². The Morgan fingerprint density at radius 3 is 2.71 bits per heavy atom. The first-order valence-corrected chi connectivity index (χ1v) is 6.23. The second-order valence-electron chi connectivity index (χ2n) is 4.91. The van der Waals surface area contributed by atoms with Gasteiger partial charge in [-0.2, -0.15) is 0 Å². The number of carbonyl (C=O) groups is 2. The van der Waals surface area contributed by atoms with Crippen LogP contribution in [0.2, 0.25) is 0 Å². The highest BCUT2D eigenvalue weighted by molar-refractivity contribution is 5.75. The van der Waals surface area contributed by atoms with Gasteiger partial charge >= 0.3 is 12.0 Å². The van der Waals surface area contributed by atoms with Gasteiger partial charge in [0.15, 0.2) is 0 Å². The lowest BCUT2D eigenvalue weighted by molar-refractivity contribution is -0.136. The minimum Gasteiger partial charge on any atom is -0.481 e. The number of nitrogens with one attached hydrogen (secondary N) is 1. The molecule has 0 bridgehead atoms. The molecule has 0 aromatic carbocycles. The Labute approximate surface area is 102 Å². The van der Waals surface area contributed by atoms with Crippen molar-refractivity contribution in [3.63, 3.8) is 0 Å². The van der Waals surface area contributed by atoms with Crippen LogP contribution in [0, 0.1) is 5.92 Å². The van der Waals surface area contributed by atoms with Gasteiger partial charge in [-0.05, 0) is 18.8 Å². The van der Waals surface area contributed by atoms with Crippen LogP contribution >= 0.6 is 0 Å². The first-order chi connectivity index (χ1) is 8.00. The van der Waals surface area contributed by atoms with Gasteiger partial charge in [-0.15, -0.1) is 0 Å². The van der Waals surface area contributed by atoms with E-state index in [4.69, 9.17) is 5.11 Å². The monoisotopic (exact) mass is 242 g/mol. The molecule has 1 aliphatic rings. The summed E-state index contributed by atoms with van der Waals surface area (Å²) in [4.78, 5) is 23.8. The zero-order chi connectivity index (χ0) is 12.8. The lowest BCUT2D eigenvalue weighted by Crippen LogP contribution is -2.45. The molecule has 0 spiro atoms. The molecule has 1 saturated carbocycles. The molecule has 2 atom stereocenters. The molecule has 1 aliphatic carbocycles. The minimum absolute atomic E-state index is 0.0271. The van der Waals surface area contributed by atoms with Crippen molar-refractivity contribution in [1.82, 2.24) is 10.2 Å². The molecule has 2 amide bonds. The number of amides is 2. The number of urea groups is 1. The molecule has 0 radical (unpaired) electrons. The molecule has 0 saturated heterocycles. The van der Waals surface area contributed by atoms with Gasteiger partial charge < -0.3 is 15.3 Å². The van der Waals surface area contributed by atoms with Gasteiger partial charge in [0.25, 0.3) is 0 Å². The summed E-state index contributed by atoms with van der Waals surface area (Å²) in [6.07, 6.45) is 4.47. The molecule has 2 N–H and O–H groups in total. The Kier molecular flexibility index (Phi) is 5.25. The topological polar surface area (TPSA) is 69.6 Å². The maximum atomic E-state index is 11.8. The highest BCUT2D eigenvalue weighted by Gasteiger charge is 2.25. The van der Waals surface area contributed by atoms with E-state index in [9.17, 15) is 9.59 Å². The summed E-state index contributed by atoms with van der Waals surface area (Å²) in [6, 6.07) is 0.133. The van der Waals surface area contributed by atoms with E-state index in [1.54, 1.807) is 11.9 Å². The van der Waals surface area contributed by atoms with Crippen LogP contribution in [0.25, 0.3) is 0 Å². The van der Waals surface area contributed by atoms with E-state index in [2.05, 4.69) is 12.2 Å². The summed E-state index contributed by atoms with van der Waals surface area (Å²) >= 11 is 0. The smallest absolute Gasteiger partial charge is 0.317 e. The van der Waals surface area contributed by atoms with Crippen LogP contribution in [0.5, 0.6) is 0 Å². The van der Waals surface area contributed by atoms with Crippen LogP contribution in [0.3, 0.4) is 0 Å². The zero-order valence-electron chi connectivity index (χ0n) is 10.6. The van der Waals surface area contributed by atoms with Gasteiger partial charge in [0.05, 0.1) is 6.42 Å². The fourth-order valence-electron chi connectivity index (χ4n) is 2.32. The van der Waals surface area contributed by atoms with Gasteiger partial charge in [0.2, 0.25) is 0 Å². The van der Waals surface area contributed by atoms with E-state index in [1.807, 2.05) is 0 Å². The molecule has 5 nitrogen and oxygen atoms in total. The van der Waals surface area contributed by atoms with Crippen LogP contribution < -0.4 is 5.32 Å². The van der Waals surface area contributed by atoms with Gasteiger partial charge in [-0.3, -0.25) is 4.79 Å². The normalized spacial score (nSPS) is 24.1. The van der Waals surface area contributed by atoms with Crippen molar-refractivity contribution in [3.05, 3.63) is 0 Å². The molecule has 0 heterocycles. The third-order valence-corrected chi connectivity index (χ3v) is 3.39. The molecule has 1 fully saturated rings. The second kappa shape index (κ2) is 6.47. The number of nitrogens with zero attached hydrogens (tertiary/aromatic N) is 1. The Morgan fingerprint density at radius 1 is 1.41 bits per heavy atom. The molecule has 0 aliphatic heterocycles. The number of carbonyl (C=O) groups excluding carboxylic acids is 1. The van der Waals surface area contributed by atoms with E-state index in [0.29, 0.717) is 12.0 Å². The van der Waals surface area contributed by atoms with E-state index in [1.165, 1.54) is 12.8 Å². The Bertz CT molecular complexity index is 281. The van der Waals surface area contributed by atoms with Crippen molar-refractivity contribution in [2.75, 3.05) is 13.6 Å². The van der Waals surface area contributed by atoms with Crippen molar-refractivity contribution >= 4 is 12.0 Å². The maximum absolute atomic E-state index is 11.8. The molecule has 5 heteroatoms. The predicted octanol–water partition coefficient (Wildman–Crippen LogP) is 1.68. The zero-order valence-corrected chi connectivity index (χ0v) is 10.6. The quantitative estimate of drug-likeness (QED) is 0.788. The Hall–Kier alpha value is -1.26. The summed E-state index contributed by atoms with van der Waals surface area (Å²) in [5, 5.41) is 11.1. The maximum Gasteiger partial charge on any atom is 0.317 e. The molecule has 17 heavy (non-hydrogen) atoms. The summed E-state index contributed by atoms with van der Waals surface area (Å²) in [5.41, 5.74) is 0. The van der Waals surface area contributed by atoms with Gasteiger partial charge in [0, 0.05) is 19.6 Å². The average Bonchev–Trinajstić information content (AvgIpc) is 2.27. The van der Waals surface area contributed by atoms with E-state index in [0.717, 1.165) is 12.8 Å². The number of hydrogen-bond donors (Lipinski definition) is 2. The van der Waals surface area contributed by atoms with Gasteiger partial charge in [-0.25, -0.2) is 4.79 Å². The van der Waals surface area contributed by atoms with Gasteiger partial charge in [0.1, 0.15) is 0 Å². The Morgan fingerprint density at radius 2 is 2.12 bits per heavy atom. The van der Waals surface area contributed by atoms with Crippen LogP contribution in [0.15, 0.2) is 0 Å². The molecular formula is C12H22N2O3.